The number of hydrogen-bond acceptors (Lipinski definition) is 5. The molecule has 30 heavy (non-hydrogen) atoms. The summed E-state index contributed by atoms with van der Waals surface area (Å²) >= 11 is 0. The summed E-state index contributed by atoms with van der Waals surface area (Å²) in [7, 11) is 0. The molecule has 2 N–H and O–H groups in total. The number of hydrogen-bond donors (Lipinski definition) is 1. The number of halogens is 3. The predicted octanol–water partition coefficient (Wildman–Crippen LogP) is 4.55. The molecule has 3 aromatic carbocycles. The standard InChI is InChI=1S/C22H15F3N2O3/c23-22(24,25)21(29)30-20(28)17-7-3-14(4-8-17)1-2-15-5-9-19-12-16(13-27-26)6-10-18(19)11-15/h1-13H,26H2/b2-1+,27-13+. The molecule has 0 aromatic heterocycles. The molecule has 0 spiro atoms. The van der Waals surface area contributed by atoms with E-state index in [2.05, 4.69) is 9.84 Å². The average molecular weight is 412 g/mol. The molecule has 0 saturated heterocycles. The lowest BCUT2D eigenvalue weighted by Crippen LogP contribution is -2.28. The molecule has 0 unspecified atom stereocenters. The zero-order chi connectivity index (χ0) is 21.7. The Labute approximate surface area is 169 Å². The van der Waals surface area contributed by atoms with E-state index in [1.165, 1.54) is 24.3 Å². The van der Waals surface area contributed by atoms with Gasteiger partial charge in [0, 0.05) is 0 Å². The van der Waals surface area contributed by atoms with E-state index < -0.39 is 18.1 Å². The number of alkyl halides is 3. The van der Waals surface area contributed by atoms with Gasteiger partial charge in [0.2, 0.25) is 0 Å². The number of esters is 2. The second-order valence-electron chi connectivity index (χ2n) is 6.27. The van der Waals surface area contributed by atoms with E-state index in [9.17, 15) is 22.8 Å². The molecule has 5 nitrogen and oxygen atoms in total. The third-order valence-electron chi connectivity index (χ3n) is 4.14. The molecule has 0 amide bonds. The van der Waals surface area contributed by atoms with Crippen molar-refractivity contribution in [1.82, 2.24) is 0 Å². The summed E-state index contributed by atoms with van der Waals surface area (Å²) in [5, 5.41) is 5.56. The first-order valence-corrected chi connectivity index (χ1v) is 8.65. The van der Waals surface area contributed by atoms with E-state index in [1.54, 1.807) is 12.3 Å². The summed E-state index contributed by atoms with van der Waals surface area (Å²) in [4.78, 5) is 22.3. The van der Waals surface area contributed by atoms with Gasteiger partial charge in [-0.1, -0.05) is 48.6 Å². The van der Waals surface area contributed by atoms with E-state index >= 15 is 0 Å². The van der Waals surface area contributed by atoms with Crippen LogP contribution in [-0.4, -0.2) is 24.3 Å². The van der Waals surface area contributed by atoms with Gasteiger partial charge in [-0.05, 0) is 51.7 Å². The molecule has 3 aromatic rings. The molecule has 152 valence electrons. The van der Waals surface area contributed by atoms with Crippen LogP contribution in [0.1, 0.15) is 27.0 Å². The molecule has 0 bridgehead atoms. The Kier molecular flexibility index (Phi) is 5.96. The van der Waals surface area contributed by atoms with Crippen molar-refractivity contribution in [3.63, 3.8) is 0 Å². The largest absolute Gasteiger partial charge is 0.491 e. The van der Waals surface area contributed by atoms with Crippen LogP contribution in [0, 0.1) is 0 Å². The van der Waals surface area contributed by atoms with E-state index in [-0.39, 0.29) is 5.56 Å². The number of carbonyl (C=O) groups is 2. The average Bonchev–Trinajstić information content (AvgIpc) is 2.72. The number of ether oxygens (including phenoxy) is 1. The Hall–Kier alpha value is -3.94. The zero-order valence-electron chi connectivity index (χ0n) is 15.4. The van der Waals surface area contributed by atoms with Gasteiger partial charge in [-0.2, -0.15) is 18.3 Å². The van der Waals surface area contributed by atoms with Crippen LogP contribution < -0.4 is 5.84 Å². The van der Waals surface area contributed by atoms with Crippen LogP contribution in [-0.2, 0) is 9.53 Å². The Bertz CT molecular complexity index is 1150. The molecular weight excluding hydrogens is 397 g/mol. The van der Waals surface area contributed by atoms with Crippen LogP contribution in [0.25, 0.3) is 22.9 Å². The Balaban J connectivity index is 1.71. The fraction of sp³-hybridized carbons (Fsp3) is 0.0455. The number of fused-ring (bicyclic) bond motifs is 1. The monoisotopic (exact) mass is 412 g/mol. The highest BCUT2D eigenvalue weighted by Crippen LogP contribution is 2.20. The van der Waals surface area contributed by atoms with Crippen LogP contribution >= 0.6 is 0 Å². The first kappa shape index (κ1) is 20.8. The summed E-state index contributed by atoms with van der Waals surface area (Å²) in [6.45, 7) is 0. The summed E-state index contributed by atoms with van der Waals surface area (Å²) in [6, 6.07) is 17.3. The quantitative estimate of drug-likeness (QED) is 0.170. The van der Waals surface area contributed by atoms with E-state index in [0.717, 1.165) is 21.9 Å². The lowest BCUT2D eigenvalue weighted by atomic mass is 10.0. The van der Waals surface area contributed by atoms with E-state index in [4.69, 9.17) is 5.84 Å². The van der Waals surface area contributed by atoms with Crippen molar-refractivity contribution in [2.75, 3.05) is 0 Å². The summed E-state index contributed by atoms with van der Waals surface area (Å²) in [5.41, 5.74) is 2.38. The topological polar surface area (TPSA) is 81.8 Å². The number of rotatable bonds is 4. The second kappa shape index (κ2) is 8.60. The van der Waals surface area contributed by atoms with Crippen LogP contribution in [0.2, 0.25) is 0 Å². The van der Waals surface area contributed by atoms with Crippen LogP contribution in [0.3, 0.4) is 0 Å². The molecule has 0 aliphatic rings. The third-order valence-corrected chi connectivity index (χ3v) is 4.14. The van der Waals surface area contributed by atoms with Crippen molar-refractivity contribution in [3.8, 4) is 0 Å². The fourth-order valence-corrected chi connectivity index (χ4v) is 2.68. The minimum atomic E-state index is -5.22. The van der Waals surface area contributed by atoms with Gasteiger partial charge < -0.3 is 10.6 Å². The number of hydrazone groups is 1. The maximum atomic E-state index is 12.2. The highest BCUT2D eigenvalue weighted by molar-refractivity contribution is 5.98. The number of nitrogens with zero attached hydrogens (tertiary/aromatic N) is 1. The maximum absolute atomic E-state index is 12.2. The van der Waals surface area contributed by atoms with Crippen molar-refractivity contribution < 1.29 is 27.5 Å². The van der Waals surface area contributed by atoms with Crippen LogP contribution in [0.15, 0.2) is 65.8 Å². The molecule has 0 saturated carbocycles. The van der Waals surface area contributed by atoms with Crippen molar-refractivity contribution in [3.05, 3.63) is 82.9 Å². The molecule has 3 rings (SSSR count). The second-order valence-corrected chi connectivity index (χ2v) is 6.27. The van der Waals surface area contributed by atoms with Crippen molar-refractivity contribution in [2.45, 2.75) is 6.18 Å². The van der Waals surface area contributed by atoms with Gasteiger partial charge in [-0.15, -0.1) is 0 Å². The van der Waals surface area contributed by atoms with Gasteiger partial charge in [0.25, 0.3) is 0 Å². The predicted molar refractivity (Wildman–Crippen MR) is 108 cm³/mol. The SMILES string of the molecule is N/N=C/c1ccc2cc(/C=C/c3ccc(C(=O)OC(=O)C(F)(F)F)cc3)ccc2c1. The third kappa shape index (κ3) is 5.11. The number of benzene rings is 3. The first-order chi connectivity index (χ1) is 14.3. The molecule has 8 heteroatoms. The van der Waals surface area contributed by atoms with Crippen molar-refractivity contribution in [2.24, 2.45) is 10.9 Å². The van der Waals surface area contributed by atoms with Gasteiger partial charge in [0.05, 0.1) is 11.8 Å². The van der Waals surface area contributed by atoms with Gasteiger partial charge >= 0.3 is 18.1 Å². The van der Waals surface area contributed by atoms with Crippen LogP contribution in [0.5, 0.6) is 0 Å². The summed E-state index contributed by atoms with van der Waals surface area (Å²) < 4.78 is 40.3. The van der Waals surface area contributed by atoms with Crippen LogP contribution in [0.4, 0.5) is 13.2 Å². The maximum Gasteiger partial charge on any atom is 0.491 e. The lowest BCUT2D eigenvalue weighted by molar-refractivity contribution is -0.193. The fourth-order valence-electron chi connectivity index (χ4n) is 2.68. The molecule has 0 aliphatic heterocycles. The highest BCUT2D eigenvalue weighted by Gasteiger charge is 2.42. The minimum Gasteiger partial charge on any atom is -0.383 e. The lowest BCUT2D eigenvalue weighted by Gasteiger charge is -2.05. The number of carbonyl (C=O) groups excluding carboxylic acids is 2. The van der Waals surface area contributed by atoms with Gasteiger partial charge in [0.15, 0.2) is 0 Å². The normalized spacial score (nSPS) is 12.0. The molecule has 0 fully saturated rings. The minimum absolute atomic E-state index is 0.160. The van der Waals surface area contributed by atoms with E-state index in [1.807, 2.05) is 42.5 Å². The molecule has 0 heterocycles. The van der Waals surface area contributed by atoms with Gasteiger partial charge in [-0.25, -0.2) is 9.59 Å². The highest BCUT2D eigenvalue weighted by atomic mass is 19.4. The Morgan fingerprint density at radius 2 is 1.37 bits per heavy atom. The zero-order valence-corrected chi connectivity index (χ0v) is 15.4. The summed E-state index contributed by atoms with van der Waals surface area (Å²) in [6.07, 6.45) is -0.0225. The van der Waals surface area contributed by atoms with Gasteiger partial charge in [-0.3, -0.25) is 0 Å². The first-order valence-electron chi connectivity index (χ1n) is 8.65. The molecular formula is C22H15F3N2O3. The summed E-state index contributed by atoms with van der Waals surface area (Å²) in [5.74, 6) is 1.26. The number of nitrogens with two attached hydrogens (primary N) is 1. The molecule has 0 radical (unpaired) electrons. The Morgan fingerprint density at radius 1 is 0.833 bits per heavy atom. The molecule has 0 aliphatic carbocycles. The van der Waals surface area contributed by atoms with Crippen molar-refractivity contribution >= 4 is 41.1 Å². The van der Waals surface area contributed by atoms with Crippen molar-refractivity contribution in [1.29, 1.82) is 0 Å². The van der Waals surface area contributed by atoms with E-state index in [0.29, 0.717) is 5.56 Å². The molecule has 0 atom stereocenters. The smallest absolute Gasteiger partial charge is 0.383 e. The Morgan fingerprint density at radius 3 is 1.97 bits per heavy atom. The van der Waals surface area contributed by atoms with Gasteiger partial charge in [0.1, 0.15) is 0 Å².